The van der Waals surface area contributed by atoms with Gasteiger partial charge in [-0.1, -0.05) is 12.2 Å². The molecule has 0 aliphatic heterocycles. The molecule has 0 spiro atoms. The van der Waals surface area contributed by atoms with Crippen molar-refractivity contribution < 1.29 is 0 Å². The Labute approximate surface area is 50.9 Å². The molecule has 1 nitrogen and oxygen atoms in total. The first-order chi connectivity index (χ1) is 3.00. The zero-order valence-electron chi connectivity index (χ0n) is 5.19. The van der Waals surface area contributed by atoms with Crippen LogP contribution in [-0.2, 0) is 0 Å². The third-order valence-electron chi connectivity index (χ3n) is 0. The molecule has 0 aliphatic rings. The summed E-state index contributed by atoms with van der Waals surface area (Å²) in [7, 11) is 0. The van der Waals surface area contributed by atoms with Gasteiger partial charge in [-0.15, -0.1) is 0 Å². The molecule has 0 aromatic carbocycles. The van der Waals surface area contributed by atoms with E-state index in [-0.39, 0.29) is 5.54 Å². The summed E-state index contributed by atoms with van der Waals surface area (Å²) in [5, 5.41) is 0. The highest BCUT2D eigenvalue weighted by Crippen LogP contribution is 1.88. The van der Waals surface area contributed by atoms with E-state index in [1.54, 1.807) is 0 Å². The Kier molecular flexibility index (Phi) is 6.09. The molecule has 7 heavy (non-hydrogen) atoms. The largest absolute Gasteiger partial charge is 0.326 e. The fourth-order valence-electron chi connectivity index (χ4n) is 0. The highest BCUT2D eigenvalue weighted by atomic mass is 32.1. The minimum absolute atomic E-state index is 0. The zero-order valence-corrected chi connectivity index (χ0v) is 6.01. The second-order valence-electron chi connectivity index (χ2n) is 2.37. The van der Waals surface area contributed by atoms with E-state index in [2.05, 4.69) is 18.1 Å². The van der Waals surface area contributed by atoms with Gasteiger partial charge in [-0.2, -0.15) is 0 Å². The molecule has 0 aliphatic carbocycles. The van der Waals surface area contributed by atoms with Crippen LogP contribution in [0.25, 0.3) is 0 Å². The van der Waals surface area contributed by atoms with Crippen LogP contribution in [0, 0.1) is 0 Å². The Morgan fingerprint density at radius 1 is 1.29 bits per heavy atom. The highest BCUT2D eigenvalue weighted by molar-refractivity contribution is 7.77. The maximum Gasteiger partial charge on any atom is 0.00686 e. The molecule has 0 saturated carbocycles. The van der Waals surface area contributed by atoms with E-state index in [9.17, 15) is 0 Å². The monoisotopic (exact) mass is 119 g/mol. The molecule has 0 fully saturated rings. The van der Waals surface area contributed by atoms with Crippen LogP contribution in [0.3, 0.4) is 0 Å². The summed E-state index contributed by atoms with van der Waals surface area (Å²) in [5.41, 5.74) is 5.35. The number of thiocarbonyl (C=S) groups is 1. The molecule has 0 saturated heterocycles. The van der Waals surface area contributed by atoms with Gasteiger partial charge in [0.1, 0.15) is 0 Å². The zero-order chi connectivity index (χ0) is 6.50. The molecular weight excluding hydrogens is 106 g/mol. The lowest BCUT2D eigenvalue weighted by Crippen LogP contribution is -2.26. The van der Waals surface area contributed by atoms with Crippen LogP contribution in [0.1, 0.15) is 20.8 Å². The average Bonchev–Trinajstić information content (AvgIpc) is 1.36. The van der Waals surface area contributed by atoms with Crippen molar-refractivity contribution in [1.82, 2.24) is 0 Å². The first-order valence-electron chi connectivity index (χ1n) is 2.08. The van der Waals surface area contributed by atoms with Crippen molar-refractivity contribution in [2.24, 2.45) is 5.73 Å². The SMILES string of the molecule is C=S.CC(C)(C)N. The minimum Gasteiger partial charge on any atom is -0.326 e. The summed E-state index contributed by atoms with van der Waals surface area (Å²) in [6.45, 7) is 5.90. The lowest BCUT2D eigenvalue weighted by Gasteiger charge is -2.06. The quantitative estimate of drug-likeness (QED) is 0.487. The van der Waals surface area contributed by atoms with E-state index in [1.807, 2.05) is 20.8 Å². The molecular formula is C5H13NS. The molecule has 2 heteroatoms. The molecule has 0 rings (SSSR count). The van der Waals surface area contributed by atoms with Gasteiger partial charge in [-0.3, -0.25) is 0 Å². The second-order valence-corrected chi connectivity index (χ2v) is 2.37. The van der Waals surface area contributed by atoms with Crippen LogP contribution >= 0.6 is 12.2 Å². The predicted octanol–water partition coefficient (Wildman–Crippen LogP) is 1.36. The third-order valence-corrected chi connectivity index (χ3v) is 0. The fraction of sp³-hybridized carbons (Fsp3) is 0.800. The van der Waals surface area contributed by atoms with E-state index < -0.39 is 0 Å². The third kappa shape index (κ3) is 39700. The van der Waals surface area contributed by atoms with E-state index in [0.29, 0.717) is 0 Å². The average molecular weight is 119 g/mol. The van der Waals surface area contributed by atoms with Gasteiger partial charge in [0.05, 0.1) is 0 Å². The van der Waals surface area contributed by atoms with Crippen LogP contribution in [0.4, 0.5) is 0 Å². The highest BCUT2D eigenvalue weighted by Gasteiger charge is 1.95. The molecule has 0 aromatic heterocycles. The minimum atomic E-state index is 0. The summed E-state index contributed by atoms with van der Waals surface area (Å²) in [6, 6.07) is 0. The van der Waals surface area contributed by atoms with Crippen molar-refractivity contribution in [3.05, 3.63) is 0 Å². The van der Waals surface area contributed by atoms with Gasteiger partial charge in [0.25, 0.3) is 0 Å². The van der Waals surface area contributed by atoms with Crippen LogP contribution in [0.5, 0.6) is 0 Å². The molecule has 44 valence electrons. The standard InChI is InChI=1S/C4H11N.CH2S/c1-4(2,3)5;1-2/h5H2,1-3H3;1H2. The number of nitrogens with two attached hydrogens (primary N) is 1. The lowest BCUT2D eigenvalue weighted by atomic mass is 10.1. The second kappa shape index (κ2) is 4.22. The van der Waals surface area contributed by atoms with E-state index in [4.69, 9.17) is 5.73 Å². The Bertz CT molecular complexity index is 31.8. The van der Waals surface area contributed by atoms with Crippen molar-refractivity contribution >= 4 is 18.1 Å². The van der Waals surface area contributed by atoms with Gasteiger partial charge in [0.2, 0.25) is 0 Å². The predicted molar refractivity (Wildman–Crippen MR) is 38.7 cm³/mol. The van der Waals surface area contributed by atoms with E-state index in [1.165, 1.54) is 0 Å². The van der Waals surface area contributed by atoms with Gasteiger partial charge in [-0.25, -0.2) is 0 Å². The molecule has 0 amide bonds. The first kappa shape index (κ1) is 10.1. The summed E-state index contributed by atoms with van der Waals surface area (Å²) in [4.78, 5) is 0. The van der Waals surface area contributed by atoms with Gasteiger partial charge < -0.3 is 5.73 Å². The van der Waals surface area contributed by atoms with Crippen LogP contribution in [0.15, 0.2) is 0 Å². The Hall–Kier alpha value is 0.0500. The Morgan fingerprint density at radius 3 is 1.29 bits per heavy atom. The van der Waals surface area contributed by atoms with Crippen LogP contribution in [-0.4, -0.2) is 11.4 Å². The number of hydrogen-bond acceptors (Lipinski definition) is 2. The molecule has 2 N–H and O–H groups in total. The molecule has 0 radical (unpaired) electrons. The number of rotatable bonds is 0. The van der Waals surface area contributed by atoms with Gasteiger partial charge in [0, 0.05) is 5.54 Å². The summed E-state index contributed by atoms with van der Waals surface area (Å²) in [6.07, 6.45) is 0. The maximum absolute atomic E-state index is 5.35. The topological polar surface area (TPSA) is 26.0 Å². The summed E-state index contributed by atoms with van der Waals surface area (Å²) < 4.78 is 0. The molecule has 0 atom stereocenters. The normalized spacial score (nSPS) is 9.14. The van der Waals surface area contributed by atoms with Crippen molar-refractivity contribution in [1.29, 1.82) is 0 Å². The first-order valence-corrected chi connectivity index (χ1v) is 2.65. The molecule has 0 bridgehead atoms. The Morgan fingerprint density at radius 2 is 1.29 bits per heavy atom. The van der Waals surface area contributed by atoms with Crippen LogP contribution in [0.2, 0.25) is 0 Å². The molecule has 0 aromatic rings. The van der Waals surface area contributed by atoms with E-state index in [0.717, 1.165) is 0 Å². The molecule has 0 heterocycles. The fourth-order valence-corrected chi connectivity index (χ4v) is 0. The van der Waals surface area contributed by atoms with Crippen molar-refractivity contribution in [2.75, 3.05) is 0 Å². The van der Waals surface area contributed by atoms with Crippen molar-refractivity contribution in [2.45, 2.75) is 26.3 Å². The van der Waals surface area contributed by atoms with E-state index >= 15 is 0 Å². The lowest BCUT2D eigenvalue weighted by molar-refractivity contribution is 0.580. The number of hydrogen-bond donors (Lipinski definition) is 1. The van der Waals surface area contributed by atoms with Crippen molar-refractivity contribution in [3.8, 4) is 0 Å². The summed E-state index contributed by atoms with van der Waals surface area (Å²) >= 11 is 3.83. The summed E-state index contributed by atoms with van der Waals surface area (Å²) in [5.74, 6) is 2.83. The maximum atomic E-state index is 5.35. The van der Waals surface area contributed by atoms with Crippen molar-refractivity contribution in [3.63, 3.8) is 0 Å². The van der Waals surface area contributed by atoms with Gasteiger partial charge >= 0.3 is 0 Å². The van der Waals surface area contributed by atoms with Crippen LogP contribution < -0.4 is 5.73 Å². The smallest absolute Gasteiger partial charge is 0.00686 e. The molecule has 0 unspecified atom stereocenters. The Balaban J connectivity index is 0. The van der Waals surface area contributed by atoms with Gasteiger partial charge in [-0.05, 0) is 26.6 Å². The van der Waals surface area contributed by atoms with Gasteiger partial charge in [0.15, 0.2) is 0 Å².